The average molecular weight is 285 g/mol. The van der Waals surface area contributed by atoms with E-state index in [1.165, 1.54) is 19.2 Å². The van der Waals surface area contributed by atoms with Crippen molar-refractivity contribution in [2.45, 2.75) is 25.7 Å². The Morgan fingerprint density at radius 1 is 1.43 bits per heavy atom. The standard InChI is InChI=1S/C15H17N5O.H2/c1-10-5-13(11-3-2-4-16-6-11)19-15-12(7-18-20(10)15)14-8-17-9-21-14;/h5,7-9,11,16H,2-4,6H2,1H3;1H. The summed E-state index contributed by atoms with van der Waals surface area (Å²) in [6.07, 6.45) is 7.30. The maximum Gasteiger partial charge on any atom is 0.181 e. The molecule has 0 amide bonds. The number of piperidine rings is 1. The minimum Gasteiger partial charge on any atom is -0.443 e. The maximum atomic E-state index is 5.39. The summed E-state index contributed by atoms with van der Waals surface area (Å²) in [6, 6.07) is 2.14. The fourth-order valence-electron chi connectivity index (χ4n) is 2.97. The molecule has 4 rings (SSSR count). The van der Waals surface area contributed by atoms with Crippen LogP contribution < -0.4 is 5.32 Å². The molecule has 1 saturated heterocycles. The number of fused-ring (bicyclic) bond motifs is 1. The van der Waals surface area contributed by atoms with Gasteiger partial charge in [-0.3, -0.25) is 0 Å². The molecule has 6 nitrogen and oxygen atoms in total. The van der Waals surface area contributed by atoms with Crippen molar-refractivity contribution < 1.29 is 5.84 Å². The molecular formula is C15H19N5O. The predicted octanol–water partition coefficient (Wildman–Crippen LogP) is 2.41. The van der Waals surface area contributed by atoms with E-state index in [2.05, 4.69) is 28.4 Å². The number of aromatic nitrogens is 4. The highest BCUT2D eigenvalue weighted by Gasteiger charge is 2.20. The molecule has 0 radical (unpaired) electrons. The van der Waals surface area contributed by atoms with Crippen LogP contribution in [0, 0.1) is 6.92 Å². The van der Waals surface area contributed by atoms with E-state index in [4.69, 9.17) is 9.40 Å². The van der Waals surface area contributed by atoms with E-state index in [1.54, 1.807) is 12.4 Å². The lowest BCUT2D eigenvalue weighted by Crippen LogP contribution is -2.29. The van der Waals surface area contributed by atoms with Gasteiger partial charge in [0.05, 0.1) is 18.0 Å². The van der Waals surface area contributed by atoms with Gasteiger partial charge in [-0.2, -0.15) is 5.10 Å². The molecular weight excluding hydrogens is 266 g/mol. The zero-order chi connectivity index (χ0) is 14.2. The van der Waals surface area contributed by atoms with E-state index >= 15 is 0 Å². The van der Waals surface area contributed by atoms with Crippen molar-refractivity contribution in [2.75, 3.05) is 13.1 Å². The van der Waals surface area contributed by atoms with Gasteiger partial charge in [-0.05, 0) is 32.4 Å². The van der Waals surface area contributed by atoms with Crippen LogP contribution in [-0.2, 0) is 0 Å². The molecule has 0 bridgehead atoms. The number of hydrogen-bond donors (Lipinski definition) is 1. The molecule has 1 unspecified atom stereocenters. The first-order valence-corrected chi connectivity index (χ1v) is 7.28. The summed E-state index contributed by atoms with van der Waals surface area (Å²) >= 11 is 0. The van der Waals surface area contributed by atoms with Crippen molar-refractivity contribution in [3.05, 3.63) is 36.2 Å². The second-order valence-electron chi connectivity index (χ2n) is 5.53. The Labute approximate surface area is 123 Å². The molecule has 0 spiro atoms. The summed E-state index contributed by atoms with van der Waals surface area (Å²) in [6.45, 7) is 4.16. The van der Waals surface area contributed by atoms with Gasteiger partial charge in [-0.1, -0.05) is 0 Å². The molecule has 0 saturated carbocycles. The Morgan fingerprint density at radius 2 is 2.38 bits per heavy atom. The second-order valence-corrected chi connectivity index (χ2v) is 5.53. The van der Waals surface area contributed by atoms with Gasteiger partial charge in [-0.25, -0.2) is 14.5 Å². The van der Waals surface area contributed by atoms with E-state index in [1.807, 2.05) is 4.52 Å². The van der Waals surface area contributed by atoms with Gasteiger partial charge >= 0.3 is 0 Å². The minimum atomic E-state index is 0. The maximum absolute atomic E-state index is 5.39. The molecule has 0 aromatic carbocycles. The molecule has 1 N–H and O–H groups in total. The van der Waals surface area contributed by atoms with Crippen LogP contribution in [-0.4, -0.2) is 32.7 Å². The Bertz CT molecular complexity index is 762. The monoisotopic (exact) mass is 285 g/mol. The summed E-state index contributed by atoms with van der Waals surface area (Å²) < 4.78 is 7.25. The van der Waals surface area contributed by atoms with E-state index in [0.717, 1.165) is 35.7 Å². The van der Waals surface area contributed by atoms with Crippen LogP contribution in [0.5, 0.6) is 0 Å². The molecule has 1 aliphatic heterocycles. The molecule has 1 atom stereocenters. The Hall–Kier alpha value is -2.21. The topological polar surface area (TPSA) is 68.2 Å². The first-order chi connectivity index (χ1) is 10.3. The van der Waals surface area contributed by atoms with Crippen molar-refractivity contribution >= 4 is 5.65 Å². The van der Waals surface area contributed by atoms with Crippen molar-refractivity contribution in [1.82, 2.24) is 24.9 Å². The van der Waals surface area contributed by atoms with Gasteiger partial charge in [-0.15, -0.1) is 0 Å². The van der Waals surface area contributed by atoms with Crippen molar-refractivity contribution in [3.63, 3.8) is 0 Å². The van der Waals surface area contributed by atoms with Crippen LogP contribution in [0.1, 0.15) is 31.6 Å². The van der Waals surface area contributed by atoms with E-state index < -0.39 is 0 Å². The summed E-state index contributed by atoms with van der Waals surface area (Å²) in [7, 11) is 0. The highest BCUT2D eigenvalue weighted by atomic mass is 16.3. The van der Waals surface area contributed by atoms with Gasteiger partial charge in [0.2, 0.25) is 0 Å². The summed E-state index contributed by atoms with van der Waals surface area (Å²) in [5.74, 6) is 1.18. The highest BCUT2D eigenvalue weighted by Crippen LogP contribution is 2.27. The minimum absolute atomic E-state index is 0. The number of rotatable bonds is 2. The summed E-state index contributed by atoms with van der Waals surface area (Å²) in [5.41, 5.74) is 3.95. The number of hydrogen-bond acceptors (Lipinski definition) is 5. The molecule has 3 aromatic rings. The van der Waals surface area contributed by atoms with Crippen molar-refractivity contribution in [3.8, 4) is 11.3 Å². The number of aryl methyl sites for hydroxylation is 1. The SMILES string of the molecule is Cc1cc(C2CCCNC2)nc2c(-c3cnco3)cnn12.[HH]. The van der Waals surface area contributed by atoms with E-state index in [0.29, 0.717) is 11.7 Å². The predicted molar refractivity (Wildman–Crippen MR) is 80.2 cm³/mol. The molecule has 1 aliphatic rings. The van der Waals surface area contributed by atoms with Crippen LogP contribution >= 0.6 is 0 Å². The molecule has 110 valence electrons. The normalized spacial score (nSPS) is 19.2. The van der Waals surface area contributed by atoms with Gasteiger partial charge in [0.25, 0.3) is 0 Å². The smallest absolute Gasteiger partial charge is 0.181 e. The van der Waals surface area contributed by atoms with Crippen LogP contribution in [0.15, 0.2) is 29.3 Å². The third kappa shape index (κ3) is 2.12. The van der Waals surface area contributed by atoms with Gasteiger partial charge in [0.1, 0.15) is 0 Å². The lowest BCUT2D eigenvalue weighted by molar-refractivity contribution is 0.454. The van der Waals surface area contributed by atoms with Gasteiger partial charge in [0.15, 0.2) is 17.8 Å². The highest BCUT2D eigenvalue weighted by molar-refractivity contribution is 5.73. The zero-order valence-electron chi connectivity index (χ0n) is 11.9. The largest absolute Gasteiger partial charge is 0.443 e. The van der Waals surface area contributed by atoms with Crippen LogP contribution in [0.4, 0.5) is 0 Å². The van der Waals surface area contributed by atoms with Crippen molar-refractivity contribution in [1.29, 1.82) is 0 Å². The summed E-state index contributed by atoms with van der Waals surface area (Å²) in [4.78, 5) is 8.83. The molecule has 4 heterocycles. The molecule has 21 heavy (non-hydrogen) atoms. The van der Waals surface area contributed by atoms with Crippen LogP contribution in [0.3, 0.4) is 0 Å². The lowest BCUT2D eigenvalue weighted by Gasteiger charge is -2.22. The third-order valence-corrected chi connectivity index (χ3v) is 4.08. The zero-order valence-corrected chi connectivity index (χ0v) is 11.9. The Morgan fingerprint density at radius 3 is 3.14 bits per heavy atom. The quantitative estimate of drug-likeness (QED) is 0.783. The number of nitrogens with one attached hydrogen (secondary N) is 1. The number of oxazole rings is 1. The van der Waals surface area contributed by atoms with Crippen molar-refractivity contribution in [2.24, 2.45) is 0 Å². The van der Waals surface area contributed by atoms with E-state index in [9.17, 15) is 0 Å². The molecule has 6 heteroatoms. The summed E-state index contributed by atoms with van der Waals surface area (Å²) in [5, 5.41) is 7.86. The first-order valence-electron chi connectivity index (χ1n) is 7.28. The van der Waals surface area contributed by atoms with Crippen LogP contribution in [0.2, 0.25) is 0 Å². The lowest BCUT2D eigenvalue weighted by atomic mass is 9.95. The second kappa shape index (κ2) is 4.96. The fraction of sp³-hybridized carbons (Fsp3) is 0.400. The van der Waals surface area contributed by atoms with Gasteiger partial charge < -0.3 is 9.73 Å². The molecule has 3 aromatic heterocycles. The molecule has 1 fully saturated rings. The Kier molecular flexibility index (Phi) is 2.96. The van der Waals surface area contributed by atoms with Crippen LogP contribution in [0.25, 0.3) is 17.0 Å². The fourth-order valence-corrected chi connectivity index (χ4v) is 2.97. The van der Waals surface area contributed by atoms with Gasteiger partial charge in [0, 0.05) is 25.3 Å². The molecule has 0 aliphatic carbocycles. The third-order valence-electron chi connectivity index (χ3n) is 4.08. The first kappa shape index (κ1) is 12.5. The number of nitrogens with zero attached hydrogens (tertiary/aromatic N) is 4. The van der Waals surface area contributed by atoms with E-state index in [-0.39, 0.29) is 1.43 Å². The Balaban J connectivity index is 0.00000144. The average Bonchev–Trinajstić information content (AvgIpc) is 3.16.